The van der Waals surface area contributed by atoms with E-state index in [1.165, 1.54) is 60.6 Å². The van der Waals surface area contributed by atoms with E-state index in [9.17, 15) is 0 Å². The van der Waals surface area contributed by atoms with Crippen molar-refractivity contribution < 1.29 is 18.6 Å². The Hall–Kier alpha value is -1.59. The van der Waals surface area contributed by atoms with Crippen LogP contribution in [0.5, 0.6) is 0 Å². The monoisotopic (exact) mass is 538 g/mol. The highest BCUT2D eigenvalue weighted by Crippen LogP contribution is 2.59. The van der Waals surface area contributed by atoms with Crippen LogP contribution in [0.25, 0.3) is 11.1 Å². The Labute approximate surface area is 241 Å². The summed E-state index contributed by atoms with van der Waals surface area (Å²) in [6.45, 7) is 17.3. The van der Waals surface area contributed by atoms with Gasteiger partial charge >= 0.3 is 14.2 Å². The maximum Gasteiger partial charge on any atom is 0.495 e. The van der Waals surface area contributed by atoms with Crippen molar-refractivity contribution in [2.24, 2.45) is 0 Å². The van der Waals surface area contributed by atoms with Gasteiger partial charge in [-0.15, -0.1) is 0 Å². The minimum atomic E-state index is -0.329. The van der Waals surface area contributed by atoms with Crippen molar-refractivity contribution in [3.63, 3.8) is 0 Å². The third-order valence-electron chi connectivity index (χ3n) is 12.4. The first-order chi connectivity index (χ1) is 18.8. The smallest absolute Gasteiger partial charge is 0.399 e. The summed E-state index contributed by atoms with van der Waals surface area (Å²) in [6.07, 6.45) is 7.74. The number of hydrogen-bond donors (Lipinski definition) is 0. The van der Waals surface area contributed by atoms with Crippen molar-refractivity contribution in [1.82, 2.24) is 0 Å². The number of hydrogen-bond acceptors (Lipinski definition) is 4. The Bertz CT molecular complexity index is 1290. The fraction of sp³-hybridized carbons (Fsp3) is 0.647. The second-order valence-corrected chi connectivity index (χ2v) is 15.6. The molecule has 0 amide bonds. The summed E-state index contributed by atoms with van der Waals surface area (Å²) in [6, 6.07) is 9.52. The second-order valence-electron chi connectivity index (χ2n) is 15.6. The van der Waals surface area contributed by atoms with E-state index in [1.54, 1.807) is 22.3 Å². The summed E-state index contributed by atoms with van der Waals surface area (Å²) in [5, 5.41) is 0. The zero-order valence-electron chi connectivity index (χ0n) is 25.6. The Balaban J connectivity index is 1.26. The molecule has 2 saturated heterocycles. The lowest BCUT2D eigenvalue weighted by Gasteiger charge is -2.32. The lowest BCUT2D eigenvalue weighted by Crippen LogP contribution is -2.41. The van der Waals surface area contributed by atoms with E-state index in [2.05, 4.69) is 79.7 Å². The molecule has 2 heterocycles. The van der Waals surface area contributed by atoms with E-state index in [1.807, 2.05) is 0 Å². The van der Waals surface area contributed by atoms with Gasteiger partial charge in [0.05, 0.1) is 22.4 Å². The molecule has 8 rings (SSSR count). The molecule has 0 aromatic heterocycles. The molecule has 4 fully saturated rings. The minimum absolute atomic E-state index is 0.292. The lowest BCUT2D eigenvalue weighted by molar-refractivity contribution is 0.00578. The summed E-state index contributed by atoms with van der Waals surface area (Å²) in [5.41, 5.74) is 10.4. The summed E-state index contributed by atoms with van der Waals surface area (Å²) in [5.74, 6) is 2.55. The highest BCUT2D eigenvalue weighted by Gasteiger charge is 2.55. The SMILES string of the molecule is CC1(C)OB(c2ccc(-c3ccc(B4OC(C)(C)C(C)(C)O4)c4c3C3CCC4C3)c3c2C2CCC3C2)OC1(C)C. The molecule has 4 atom stereocenters. The molecule has 0 N–H and O–H groups in total. The largest absolute Gasteiger partial charge is 0.495 e. The predicted molar refractivity (Wildman–Crippen MR) is 162 cm³/mol. The molecular weight excluding hydrogens is 494 g/mol. The number of fused-ring (bicyclic) bond motifs is 10. The van der Waals surface area contributed by atoms with Gasteiger partial charge in [-0.25, -0.2) is 0 Å². The number of rotatable bonds is 3. The Kier molecular flexibility index (Phi) is 5.26. The molecule has 6 aliphatic rings. The molecule has 4 unspecified atom stereocenters. The molecule has 6 heteroatoms. The molecule has 4 bridgehead atoms. The van der Waals surface area contributed by atoms with Gasteiger partial charge in [-0.1, -0.05) is 24.3 Å². The molecule has 0 spiro atoms. The van der Waals surface area contributed by atoms with Gasteiger partial charge in [0.25, 0.3) is 0 Å². The van der Waals surface area contributed by atoms with Gasteiger partial charge in [0, 0.05) is 0 Å². The van der Waals surface area contributed by atoms with Crippen LogP contribution in [0.3, 0.4) is 0 Å². The van der Waals surface area contributed by atoms with E-state index in [0.717, 1.165) is 0 Å². The van der Waals surface area contributed by atoms with Crippen LogP contribution in [-0.4, -0.2) is 36.6 Å². The second kappa shape index (κ2) is 8.07. The standard InChI is InChI=1S/C34H44B2O4/c1-31(2)32(3,4)38-35(37-31)25-15-13-23(27-19-9-11-21(17-19)29(25)27)24-14-16-26(30-22-12-10-20(18-22)28(24)30)36-39-33(5,6)34(7,8)40-36/h13-16,19-22H,9-12,17-18H2,1-8H3. The molecule has 2 aromatic rings. The van der Waals surface area contributed by atoms with Gasteiger partial charge in [0.2, 0.25) is 0 Å². The van der Waals surface area contributed by atoms with Gasteiger partial charge in [-0.2, -0.15) is 0 Å². The van der Waals surface area contributed by atoms with Crippen LogP contribution < -0.4 is 10.9 Å². The predicted octanol–water partition coefficient (Wildman–Crippen LogP) is 6.68. The van der Waals surface area contributed by atoms with Gasteiger partial charge in [-0.05, 0) is 162 Å². The number of benzene rings is 2. The van der Waals surface area contributed by atoms with Gasteiger partial charge < -0.3 is 18.6 Å². The van der Waals surface area contributed by atoms with Crippen LogP contribution in [0.15, 0.2) is 24.3 Å². The van der Waals surface area contributed by atoms with Crippen LogP contribution in [0.2, 0.25) is 0 Å². The lowest BCUT2D eigenvalue weighted by atomic mass is 9.68. The third-order valence-corrected chi connectivity index (χ3v) is 12.4. The molecule has 2 aromatic carbocycles. The Morgan fingerprint density at radius 2 is 0.775 bits per heavy atom. The molecular formula is C34H44B2O4. The third kappa shape index (κ3) is 3.37. The highest BCUT2D eigenvalue weighted by atomic mass is 16.7. The van der Waals surface area contributed by atoms with Crippen LogP contribution in [0, 0.1) is 0 Å². The van der Waals surface area contributed by atoms with E-state index < -0.39 is 0 Å². The van der Waals surface area contributed by atoms with Crippen LogP contribution in [0.4, 0.5) is 0 Å². The Morgan fingerprint density at radius 3 is 1.10 bits per heavy atom. The summed E-state index contributed by atoms with van der Waals surface area (Å²) >= 11 is 0. The van der Waals surface area contributed by atoms with E-state index in [4.69, 9.17) is 18.6 Å². The minimum Gasteiger partial charge on any atom is -0.399 e. The quantitative estimate of drug-likeness (QED) is 0.409. The molecule has 2 saturated carbocycles. The first-order valence-corrected chi connectivity index (χ1v) is 15.8. The summed E-state index contributed by atoms with van der Waals surface area (Å²) in [4.78, 5) is 0. The van der Waals surface area contributed by atoms with Gasteiger partial charge in [0.1, 0.15) is 0 Å². The van der Waals surface area contributed by atoms with E-state index in [0.29, 0.717) is 23.7 Å². The first-order valence-electron chi connectivity index (χ1n) is 15.8. The van der Waals surface area contributed by atoms with Crippen molar-refractivity contribution in [3.8, 4) is 11.1 Å². The molecule has 4 nitrogen and oxygen atoms in total. The molecule has 210 valence electrons. The summed E-state index contributed by atoms with van der Waals surface area (Å²) in [7, 11) is -0.584. The topological polar surface area (TPSA) is 36.9 Å². The molecule has 4 aliphatic carbocycles. The van der Waals surface area contributed by atoms with Crippen molar-refractivity contribution in [2.75, 3.05) is 0 Å². The average Bonchev–Trinajstić information content (AvgIpc) is 3.71. The molecule has 2 aliphatic heterocycles. The van der Waals surface area contributed by atoms with Crippen LogP contribution >= 0.6 is 0 Å². The van der Waals surface area contributed by atoms with Crippen molar-refractivity contribution >= 4 is 25.2 Å². The zero-order valence-corrected chi connectivity index (χ0v) is 25.6. The van der Waals surface area contributed by atoms with E-state index >= 15 is 0 Å². The Morgan fingerprint density at radius 1 is 0.475 bits per heavy atom. The first kappa shape index (κ1) is 26.1. The average molecular weight is 538 g/mol. The van der Waals surface area contributed by atoms with Crippen molar-refractivity contribution in [2.45, 2.75) is 140 Å². The summed E-state index contributed by atoms with van der Waals surface area (Å²) < 4.78 is 26.4. The maximum atomic E-state index is 6.60. The van der Waals surface area contributed by atoms with Crippen molar-refractivity contribution in [3.05, 3.63) is 46.5 Å². The fourth-order valence-corrected chi connectivity index (χ4v) is 8.93. The van der Waals surface area contributed by atoms with Gasteiger partial charge in [0.15, 0.2) is 0 Å². The van der Waals surface area contributed by atoms with Crippen LogP contribution in [-0.2, 0) is 18.6 Å². The van der Waals surface area contributed by atoms with E-state index in [-0.39, 0.29) is 36.6 Å². The molecule has 0 radical (unpaired) electrons. The zero-order chi connectivity index (χ0) is 28.0. The maximum absolute atomic E-state index is 6.60. The highest BCUT2D eigenvalue weighted by molar-refractivity contribution is 6.63. The molecule has 40 heavy (non-hydrogen) atoms. The van der Waals surface area contributed by atoms with Crippen LogP contribution in [0.1, 0.15) is 140 Å². The normalized spacial score (nSPS) is 33.2. The van der Waals surface area contributed by atoms with Crippen molar-refractivity contribution in [1.29, 1.82) is 0 Å². The fourth-order valence-electron chi connectivity index (χ4n) is 8.93. The van der Waals surface area contributed by atoms with Gasteiger partial charge in [-0.3, -0.25) is 0 Å².